The lowest BCUT2D eigenvalue weighted by Crippen LogP contribution is -2.18. The van der Waals surface area contributed by atoms with Gasteiger partial charge in [0.25, 0.3) is 0 Å². The van der Waals surface area contributed by atoms with Gasteiger partial charge in [0.2, 0.25) is 0 Å². The number of nitrogens with zero attached hydrogens (tertiary/aromatic N) is 1. The first-order valence-corrected chi connectivity index (χ1v) is 7.62. The minimum Gasteiger partial charge on any atom is -0.367 e. The van der Waals surface area contributed by atoms with Crippen molar-refractivity contribution in [3.8, 4) is 0 Å². The van der Waals surface area contributed by atoms with Gasteiger partial charge in [0, 0.05) is 18.0 Å². The third-order valence-electron chi connectivity index (χ3n) is 3.34. The van der Waals surface area contributed by atoms with Crippen molar-refractivity contribution in [2.24, 2.45) is 0 Å². The van der Waals surface area contributed by atoms with Crippen LogP contribution in [0.2, 0.25) is 4.34 Å². The van der Waals surface area contributed by atoms with Gasteiger partial charge in [0.15, 0.2) is 0 Å². The Morgan fingerprint density at radius 1 is 1.35 bits per heavy atom. The molecule has 1 heterocycles. The van der Waals surface area contributed by atoms with Crippen LogP contribution in [0.25, 0.3) is 0 Å². The molecule has 1 aromatic carbocycles. The molecule has 0 saturated heterocycles. The zero-order valence-electron chi connectivity index (χ0n) is 11.8. The molecule has 0 spiro atoms. The monoisotopic (exact) mass is 312 g/mol. The van der Waals surface area contributed by atoms with E-state index in [1.54, 1.807) is 6.07 Å². The van der Waals surface area contributed by atoms with Gasteiger partial charge in [-0.15, -0.1) is 11.3 Å². The quantitative estimate of drug-likeness (QED) is 0.877. The molecule has 1 atom stereocenters. The van der Waals surface area contributed by atoms with Crippen LogP contribution in [0.15, 0.2) is 30.3 Å². The van der Waals surface area contributed by atoms with Crippen LogP contribution >= 0.6 is 22.9 Å². The average Bonchev–Trinajstić information content (AvgIpc) is 2.82. The van der Waals surface area contributed by atoms with Crippen molar-refractivity contribution < 1.29 is 4.39 Å². The first-order chi connectivity index (χ1) is 9.51. The fourth-order valence-corrected chi connectivity index (χ4v) is 3.17. The van der Waals surface area contributed by atoms with Crippen LogP contribution in [0.1, 0.15) is 23.4 Å². The Morgan fingerprint density at radius 3 is 2.65 bits per heavy atom. The smallest absolute Gasteiger partial charge is 0.146 e. The third-order valence-corrected chi connectivity index (χ3v) is 4.55. The minimum absolute atomic E-state index is 0.139. The van der Waals surface area contributed by atoms with E-state index in [1.165, 1.54) is 11.3 Å². The molecular formula is C15H18ClFN2S. The number of benzene rings is 1. The summed E-state index contributed by atoms with van der Waals surface area (Å²) in [5, 5.41) is 3.11. The molecule has 2 nitrogen and oxygen atoms in total. The lowest BCUT2D eigenvalue weighted by Gasteiger charge is -2.20. The van der Waals surface area contributed by atoms with Crippen LogP contribution in [0.5, 0.6) is 0 Å². The van der Waals surface area contributed by atoms with Gasteiger partial charge >= 0.3 is 0 Å². The van der Waals surface area contributed by atoms with E-state index in [-0.39, 0.29) is 11.9 Å². The second-order valence-corrected chi connectivity index (χ2v) is 6.58. The Labute approximate surface area is 128 Å². The highest BCUT2D eigenvalue weighted by Crippen LogP contribution is 2.27. The lowest BCUT2D eigenvalue weighted by molar-refractivity contribution is 0.605. The summed E-state index contributed by atoms with van der Waals surface area (Å²) >= 11 is 7.43. The Kier molecular flexibility index (Phi) is 5.02. The molecule has 0 bridgehead atoms. The molecule has 0 fully saturated rings. The number of hydrogen-bond acceptors (Lipinski definition) is 3. The summed E-state index contributed by atoms with van der Waals surface area (Å²) in [6.07, 6.45) is 0. The van der Waals surface area contributed by atoms with Crippen LogP contribution in [0.3, 0.4) is 0 Å². The van der Waals surface area contributed by atoms with Gasteiger partial charge in [-0.2, -0.15) is 0 Å². The second-order valence-electron chi connectivity index (χ2n) is 4.78. The highest BCUT2D eigenvalue weighted by molar-refractivity contribution is 7.16. The highest BCUT2D eigenvalue weighted by atomic mass is 35.5. The molecule has 2 rings (SSSR count). The summed E-state index contributed by atoms with van der Waals surface area (Å²) in [5.41, 5.74) is 1.54. The van der Waals surface area contributed by atoms with E-state index in [0.717, 1.165) is 14.8 Å². The van der Waals surface area contributed by atoms with Crippen molar-refractivity contribution in [3.05, 3.63) is 50.9 Å². The largest absolute Gasteiger partial charge is 0.367 e. The summed E-state index contributed by atoms with van der Waals surface area (Å²) in [7, 11) is 3.75. The van der Waals surface area contributed by atoms with Crippen LogP contribution < -0.4 is 10.2 Å². The molecule has 0 aliphatic heterocycles. The van der Waals surface area contributed by atoms with Crippen molar-refractivity contribution in [1.82, 2.24) is 5.32 Å². The van der Waals surface area contributed by atoms with E-state index in [9.17, 15) is 4.39 Å². The maximum atomic E-state index is 14.2. The molecule has 0 aliphatic rings. The molecule has 1 N–H and O–H groups in total. The van der Waals surface area contributed by atoms with E-state index >= 15 is 0 Å². The van der Waals surface area contributed by atoms with Crippen LogP contribution in [0.4, 0.5) is 10.1 Å². The second kappa shape index (κ2) is 6.57. The summed E-state index contributed by atoms with van der Waals surface area (Å²) in [5.74, 6) is -0.199. The lowest BCUT2D eigenvalue weighted by atomic mass is 10.1. The van der Waals surface area contributed by atoms with E-state index in [0.29, 0.717) is 12.2 Å². The predicted molar refractivity (Wildman–Crippen MR) is 85.3 cm³/mol. The van der Waals surface area contributed by atoms with Gasteiger partial charge in [-0.05, 0) is 43.8 Å². The maximum absolute atomic E-state index is 14.2. The molecule has 5 heteroatoms. The number of hydrogen-bond donors (Lipinski definition) is 1. The fraction of sp³-hybridized carbons (Fsp3) is 0.333. The first-order valence-electron chi connectivity index (χ1n) is 6.43. The normalized spacial score (nSPS) is 12.4. The summed E-state index contributed by atoms with van der Waals surface area (Å²) < 4.78 is 15.0. The summed E-state index contributed by atoms with van der Waals surface area (Å²) in [6.45, 7) is 2.65. The number of anilines is 1. The van der Waals surface area contributed by atoms with Crippen molar-refractivity contribution in [2.45, 2.75) is 19.5 Å². The van der Waals surface area contributed by atoms with Gasteiger partial charge < -0.3 is 10.2 Å². The number of rotatable bonds is 5. The Hall–Kier alpha value is -1.10. The zero-order chi connectivity index (χ0) is 14.7. The summed E-state index contributed by atoms with van der Waals surface area (Å²) in [4.78, 5) is 3.01. The molecule has 20 heavy (non-hydrogen) atoms. The molecule has 0 radical (unpaired) electrons. The topological polar surface area (TPSA) is 15.3 Å². The van der Waals surface area contributed by atoms with E-state index in [1.807, 2.05) is 50.2 Å². The van der Waals surface area contributed by atoms with Crippen molar-refractivity contribution in [1.29, 1.82) is 0 Å². The standard InChI is InChI=1S/C15H18ClFN2S/c1-10(18-2)11-4-6-14(13(17)8-11)19(3)9-12-5-7-15(16)20-12/h4-8,10,18H,9H2,1-3H3. The number of thiophene rings is 1. The van der Waals surface area contributed by atoms with Gasteiger partial charge in [-0.25, -0.2) is 4.39 Å². The molecule has 108 valence electrons. The Bertz CT molecular complexity index is 585. The van der Waals surface area contributed by atoms with Gasteiger partial charge in [0.1, 0.15) is 5.82 Å². The average molecular weight is 313 g/mol. The minimum atomic E-state index is -0.199. The Balaban J connectivity index is 2.15. The number of nitrogens with one attached hydrogen (secondary N) is 1. The van der Waals surface area contributed by atoms with Crippen LogP contribution in [-0.2, 0) is 6.54 Å². The molecule has 2 aromatic rings. The molecule has 0 aliphatic carbocycles. The van der Waals surface area contributed by atoms with E-state index < -0.39 is 0 Å². The van der Waals surface area contributed by atoms with Crippen LogP contribution in [-0.4, -0.2) is 14.1 Å². The molecule has 0 saturated carbocycles. The third kappa shape index (κ3) is 3.51. The van der Waals surface area contributed by atoms with Crippen LogP contribution in [0, 0.1) is 5.82 Å². The van der Waals surface area contributed by atoms with E-state index in [4.69, 9.17) is 11.6 Å². The predicted octanol–water partition coefficient (Wildman–Crippen LogP) is 4.46. The fourth-order valence-electron chi connectivity index (χ4n) is 2.02. The highest BCUT2D eigenvalue weighted by Gasteiger charge is 2.12. The molecule has 1 unspecified atom stereocenters. The SMILES string of the molecule is CNC(C)c1ccc(N(C)Cc2ccc(Cl)s2)c(F)c1. The van der Waals surface area contributed by atoms with E-state index in [2.05, 4.69) is 5.32 Å². The first kappa shape index (κ1) is 15.3. The maximum Gasteiger partial charge on any atom is 0.146 e. The zero-order valence-corrected chi connectivity index (χ0v) is 13.4. The van der Waals surface area contributed by atoms with Gasteiger partial charge in [-0.3, -0.25) is 0 Å². The molecule has 1 aromatic heterocycles. The van der Waals surface area contributed by atoms with Gasteiger partial charge in [0.05, 0.1) is 16.6 Å². The summed E-state index contributed by atoms with van der Waals surface area (Å²) in [6, 6.07) is 9.35. The molecule has 0 amide bonds. The molecular weight excluding hydrogens is 295 g/mol. The Morgan fingerprint density at radius 2 is 2.10 bits per heavy atom. The van der Waals surface area contributed by atoms with Crippen molar-refractivity contribution in [2.75, 3.05) is 19.0 Å². The number of halogens is 2. The van der Waals surface area contributed by atoms with Crippen molar-refractivity contribution >= 4 is 28.6 Å². The van der Waals surface area contributed by atoms with Gasteiger partial charge in [-0.1, -0.05) is 17.7 Å². The van der Waals surface area contributed by atoms with Crippen molar-refractivity contribution in [3.63, 3.8) is 0 Å².